The summed E-state index contributed by atoms with van der Waals surface area (Å²) in [4.78, 5) is 2.11. The van der Waals surface area contributed by atoms with Gasteiger partial charge in [-0.25, -0.2) is 4.39 Å². The van der Waals surface area contributed by atoms with Gasteiger partial charge < -0.3 is 10.2 Å². The van der Waals surface area contributed by atoms with Crippen molar-refractivity contribution < 1.29 is 4.39 Å². The summed E-state index contributed by atoms with van der Waals surface area (Å²) in [5.74, 6) is -0.168. The Labute approximate surface area is 118 Å². The predicted octanol–water partition coefficient (Wildman–Crippen LogP) is 3.58. The molecule has 18 heavy (non-hydrogen) atoms. The smallest absolute Gasteiger partial charge is 0.128 e. The van der Waals surface area contributed by atoms with Crippen LogP contribution in [0.5, 0.6) is 0 Å². The Morgan fingerprint density at radius 3 is 2.50 bits per heavy atom. The molecule has 0 amide bonds. The van der Waals surface area contributed by atoms with E-state index < -0.39 is 0 Å². The summed E-state index contributed by atoms with van der Waals surface area (Å²) in [5.41, 5.74) is 0.516. The first kappa shape index (κ1) is 15.6. The molecule has 0 aliphatic rings. The lowest BCUT2D eigenvalue weighted by molar-refractivity contribution is 0.137. The first-order chi connectivity index (χ1) is 8.30. The minimum absolute atomic E-state index is 0.0602. The van der Waals surface area contributed by atoms with Gasteiger partial charge in [-0.2, -0.15) is 0 Å². The SMILES string of the molecule is CCNC(c1cc(Br)ccc1F)C(C)(C)N(C)C. The van der Waals surface area contributed by atoms with Gasteiger partial charge in [-0.15, -0.1) is 0 Å². The van der Waals surface area contributed by atoms with Crippen molar-refractivity contribution in [1.29, 1.82) is 0 Å². The highest BCUT2D eigenvalue weighted by Crippen LogP contribution is 2.32. The first-order valence-corrected chi connectivity index (χ1v) is 6.95. The second kappa shape index (κ2) is 6.13. The Bertz CT molecular complexity index is 405. The molecule has 0 bridgehead atoms. The molecule has 0 saturated carbocycles. The van der Waals surface area contributed by atoms with Gasteiger partial charge >= 0.3 is 0 Å². The zero-order valence-corrected chi connectivity index (χ0v) is 13.3. The lowest BCUT2D eigenvalue weighted by atomic mass is 9.87. The summed E-state index contributed by atoms with van der Waals surface area (Å²) < 4.78 is 15.0. The van der Waals surface area contributed by atoms with Crippen LogP contribution < -0.4 is 5.32 Å². The van der Waals surface area contributed by atoms with Crippen molar-refractivity contribution in [2.75, 3.05) is 20.6 Å². The molecule has 0 heterocycles. The van der Waals surface area contributed by atoms with E-state index in [1.807, 2.05) is 27.1 Å². The number of nitrogens with zero attached hydrogens (tertiary/aromatic N) is 1. The van der Waals surface area contributed by atoms with E-state index in [4.69, 9.17) is 0 Å². The standard InChI is InChI=1S/C14H22BrFN2/c1-6-17-13(14(2,3)18(4)5)11-9-10(15)7-8-12(11)16/h7-9,13,17H,6H2,1-5H3. The van der Waals surface area contributed by atoms with Crippen LogP contribution in [-0.4, -0.2) is 31.1 Å². The van der Waals surface area contributed by atoms with Crippen LogP contribution >= 0.6 is 15.9 Å². The Morgan fingerprint density at radius 2 is 2.00 bits per heavy atom. The van der Waals surface area contributed by atoms with Crippen LogP contribution in [0.3, 0.4) is 0 Å². The number of hydrogen-bond acceptors (Lipinski definition) is 2. The molecule has 0 radical (unpaired) electrons. The Balaban J connectivity index is 3.23. The molecule has 1 N–H and O–H groups in total. The molecule has 0 saturated heterocycles. The molecule has 1 rings (SSSR count). The molecule has 102 valence electrons. The predicted molar refractivity (Wildman–Crippen MR) is 78.3 cm³/mol. The molecule has 0 aliphatic heterocycles. The van der Waals surface area contributed by atoms with Crippen molar-refractivity contribution in [1.82, 2.24) is 10.2 Å². The normalized spacial score (nSPS) is 14.0. The molecule has 0 spiro atoms. The van der Waals surface area contributed by atoms with Gasteiger partial charge in [-0.3, -0.25) is 0 Å². The monoisotopic (exact) mass is 316 g/mol. The number of hydrogen-bond donors (Lipinski definition) is 1. The molecule has 1 aromatic carbocycles. The van der Waals surface area contributed by atoms with Gasteiger partial charge in [0.2, 0.25) is 0 Å². The minimum Gasteiger partial charge on any atom is -0.309 e. The van der Waals surface area contributed by atoms with Crippen LogP contribution in [0.25, 0.3) is 0 Å². The first-order valence-electron chi connectivity index (χ1n) is 6.16. The number of rotatable bonds is 5. The fraction of sp³-hybridized carbons (Fsp3) is 0.571. The average molecular weight is 317 g/mol. The lowest BCUT2D eigenvalue weighted by Gasteiger charge is -2.41. The van der Waals surface area contributed by atoms with Crippen LogP contribution in [0.15, 0.2) is 22.7 Å². The topological polar surface area (TPSA) is 15.3 Å². The Hall–Kier alpha value is -0.450. The average Bonchev–Trinajstić information content (AvgIpc) is 2.29. The highest BCUT2D eigenvalue weighted by molar-refractivity contribution is 9.10. The number of benzene rings is 1. The van der Waals surface area contributed by atoms with E-state index in [1.54, 1.807) is 6.07 Å². The molecule has 1 aromatic rings. The summed E-state index contributed by atoms with van der Waals surface area (Å²) in [6, 6.07) is 5.03. The van der Waals surface area contributed by atoms with Crippen molar-refractivity contribution in [2.24, 2.45) is 0 Å². The van der Waals surface area contributed by atoms with Crippen LogP contribution in [0.2, 0.25) is 0 Å². The van der Waals surface area contributed by atoms with Crippen molar-refractivity contribution in [3.05, 3.63) is 34.1 Å². The van der Waals surface area contributed by atoms with E-state index in [-0.39, 0.29) is 17.4 Å². The molecule has 1 atom stereocenters. The van der Waals surface area contributed by atoms with Gasteiger partial charge in [0, 0.05) is 15.6 Å². The quantitative estimate of drug-likeness (QED) is 0.893. The molecular formula is C14H22BrFN2. The van der Waals surface area contributed by atoms with E-state index in [0.29, 0.717) is 5.56 Å². The summed E-state index contributed by atoms with van der Waals surface area (Å²) in [6.45, 7) is 7.06. The number of likely N-dealkylation sites (N-methyl/N-ethyl adjacent to an activating group) is 2. The third-order valence-electron chi connectivity index (χ3n) is 3.54. The van der Waals surface area contributed by atoms with Crippen LogP contribution in [0.4, 0.5) is 4.39 Å². The molecule has 1 unspecified atom stereocenters. The van der Waals surface area contributed by atoms with Crippen molar-refractivity contribution >= 4 is 15.9 Å². The van der Waals surface area contributed by atoms with Gasteiger partial charge in [-0.1, -0.05) is 22.9 Å². The fourth-order valence-electron chi connectivity index (χ4n) is 1.94. The van der Waals surface area contributed by atoms with Crippen molar-refractivity contribution in [2.45, 2.75) is 32.4 Å². The molecule has 0 aromatic heterocycles. The highest BCUT2D eigenvalue weighted by Gasteiger charge is 2.33. The third kappa shape index (κ3) is 3.31. The van der Waals surface area contributed by atoms with Crippen molar-refractivity contribution in [3.8, 4) is 0 Å². The van der Waals surface area contributed by atoms with E-state index in [2.05, 4.69) is 40.0 Å². The summed E-state index contributed by atoms with van der Waals surface area (Å²) in [7, 11) is 4.03. The number of halogens is 2. The second-order valence-corrected chi connectivity index (χ2v) is 6.12. The lowest BCUT2D eigenvalue weighted by Crippen LogP contribution is -2.49. The van der Waals surface area contributed by atoms with Gasteiger partial charge in [0.25, 0.3) is 0 Å². The molecule has 4 heteroatoms. The van der Waals surface area contributed by atoms with Crippen molar-refractivity contribution in [3.63, 3.8) is 0 Å². The zero-order chi connectivity index (χ0) is 13.9. The maximum absolute atomic E-state index is 14.1. The largest absolute Gasteiger partial charge is 0.309 e. The Morgan fingerprint density at radius 1 is 1.39 bits per heavy atom. The fourth-order valence-corrected chi connectivity index (χ4v) is 2.32. The molecule has 0 aliphatic carbocycles. The summed E-state index contributed by atoms with van der Waals surface area (Å²) in [5, 5.41) is 3.39. The minimum atomic E-state index is -0.183. The van der Waals surface area contributed by atoms with E-state index in [1.165, 1.54) is 6.07 Å². The van der Waals surface area contributed by atoms with E-state index in [9.17, 15) is 4.39 Å². The summed E-state index contributed by atoms with van der Waals surface area (Å²) in [6.07, 6.45) is 0. The van der Waals surface area contributed by atoms with Gasteiger partial charge in [-0.05, 0) is 52.7 Å². The highest BCUT2D eigenvalue weighted by atomic mass is 79.9. The maximum atomic E-state index is 14.1. The molecule has 2 nitrogen and oxygen atoms in total. The number of nitrogens with one attached hydrogen (secondary N) is 1. The zero-order valence-electron chi connectivity index (χ0n) is 11.7. The van der Waals surface area contributed by atoms with Crippen LogP contribution in [-0.2, 0) is 0 Å². The summed E-state index contributed by atoms with van der Waals surface area (Å²) >= 11 is 3.41. The van der Waals surface area contributed by atoms with E-state index >= 15 is 0 Å². The Kier molecular flexibility index (Phi) is 5.32. The van der Waals surface area contributed by atoms with Gasteiger partial charge in [0.05, 0.1) is 6.04 Å². The van der Waals surface area contributed by atoms with E-state index in [0.717, 1.165) is 11.0 Å². The molecule has 0 fully saturated rings. The van der Waals surface area contributed by atoms with Crippen LogP contribution in [0, 0.1) is 5.82 Å². The van der Waals surface area contributed by atoms with Gasteiger partial charge in [0.1, 0.15) is 5.82 Å². The molecular weight excluding hydrogens is 295 g/mol. The van der Waals surface area contributed by atoms with Crippen LogP contribution in [0.1, 0.15) is 32.4 Å². The third-order valence-corrected chi connectivity index (χ3v) is 4.03. The second-order valence-electron chi connectivity index (χ2n) is 5.20. The van der Waals surface area contributed by atoms with Gasteiger partial charge in [0.15, 0.2) is 0 Å². The maximum Gasteiger partial charge on any atom is 0.128 e.